The molecule has 1 heterocycles. The van der Waals surface area contributed by atoms with E-state index in [1.54, 1.807) is 6.92 Å². The Labute approximate surface area is 125 Å². The van der Waals surface area contributed by atoms with Crippen LogP contribution in [0.5, 0.6) is 0 Å². The quantitative estimate of drug-likeness (QED) is 0.810. The number of aryl methyl sites for hydroxylation is 1. The second-order valence-electron chi connectivity index (χ2n) is 4.33. The molecule has 0 N–H and O–H groups in total. The van der Waals surface area contributed by atoms with Gasteiger partial charge in [-0.2, -0.15) is 0 Å². The zero-order chi connectivity index (χ0) is 14.7. The van der Waals surface area contributed by atoms with Crippen molar-refractivity contribution in [1.29, 1.82) is 0 Å². The molecule has 0 saturated heterocycles. The lowest BCUT2D eigenvalue weighted by atomic mass is 10.2. The van der Waals surface area contributed by atoms with Crippen LogP contribution < -0.4 is 5.56 Å². The fourth-order valence-corrected chi connectivity index (χ4v) is 2.48. The van der Waals surface area contributed by atoms with Crippen LogP contribution in [0.3, 0.4) is 0 Å². The molecule has 0 unspecified atom stereocenters. The SMILES string of the molecule is CCOC(=O)c1ccc(=O)n(-c2cc(C)cc(Br)c2)c1. The predicted molar refractivity (Wildman–Crippen MR) is 80.4 cm³/mol. The average molecular weight is 336 g/mol. The molecule has 2 aromatic rings. The standard InChI is InChI=1S/C15H14BrNO3/c1-3-20-15(19)11-4-5-14(18)17(9-11)13-7-10(2)6-12(16)8-13/h4-9H,3H2,1-2H3. The molecule has 0 radical (unpaired) electrons. The molecule has 0 saturated carbocycles. The number of esters is 1. The zero-order valence-corrected chi connectivity index (χ0v) is 12.8. The van der Waals surface area contributed by atoms with Crippen LogP contribution in [0.4, 0.5) is 0 Å². The molecule has 2 rings (SSSR count). The van der Waals surface area contributed by atoms with Gasteiger partial charge in [0.25, 0.3) is 5.56 Å². The number of aromatic nitrogens is 1. The maximum Gasteiger partial charge on any atom is 0.339 e. The third-order valence-electron chi connectivity index (χ3n) is 2.73. The van der Waals surface area contributed by atoms with Crippen molar-refractivity contribution < 1.29 is 9.53 Å². The minimum Gasteiger partial charge on any atom is -0.462 e. The van der Waals surface area contributed by atoms with Gasteiger partial charge in [0.05, 0.1) is 12.2 Å². The van der Waals surface area contributed by atoms with Crippen LogP contribution in [-0.4, -0.2) is 17.1 Å². The van der Waals surface area contributed by atoms with Gasteiger partial charge in [-0.3, -0.25) is 9.36 Å². The molecule has 0 bridgehead atoms. The van der Waals surface area contributed by atoms with Crippen LogP contribution in [0.2, 0.25) is 0 Å². The van der Waals surface area contributed by atoms with E-state index in [0.29, 0.717) is 17.9 Å². The number of carbonyl (C=O) groups excluding carboxylic acids is 1. The molecule has 0 aliphatic heterocycles. The van der Waals surface area contributed by atoms with E-state index in [0.717, 1.165) is 10.0 Å². The van der Waals surface area contributed by atoms with E-state index in [-0.39, 0.29) is 5.56 Å². The summed E-state index contributed by atoms with van der Waals surface area (Å²) < 4.78 is 7.25. The summed E-state index contributed by atoms with van der Waals surface area (Å²) in [5.41, 5.74) is 1.87. The first-order valence-electron chi connectivity index (χ1n) is 6.18. The Morgan fingerprint density at radius 3 is 2.70 bits per heavy atom. The Morgan fingerprint density at radius 1 is 1.30 bits per heavy atom. The summed E-state index contributed by atoms with van der Waals surface area (Å²) in [6, 6.07) is 8.48. The molecule has 0 fully saturated rings. The largest absolute Gasteiger partial charge is 0.462 e. The van der Waals surface area contributed by atoms with Crippen molar-refractivity contribution in [3.8, 4) is 5.69 Å². The van der Waals surface area contributed by atoms with Gasteiger partial charge < -0.3 is 4.74 Å². The fourth-order valence-electron chi connectivity index (χ4n) is 1.88. The predicted octanol–water partition coefficient (Wildman–Crippen LogP) is 3.09. The summed E-state index contributed by atoms with van der Waals surface area (Å²) in [5, 5.41) is 0. The Bertz CT molecular complexity index is 686. The number of halogens is 1. The van der Waals surface area contributed by atoms with Crippen molar-refractivity contribution in [2.24, 2.45) is 0 Å². The zero-order valence-electron chi connectivity index (χ0n) is 11.2. The number of carbonyl (C=O) groups is 1. The van der Waals surface area contributed by atoms with Crippen LogP contribution in [0.25, 0.3) is 5.69 Å². The van der Waals surface area contributed by atoms with Gasteiger partial charge in [-0.25, -0.2) is 4.79 Å². The summed E-state index contributed by atoms with van der Waals surface area (Å²) in [6.07, 6.45) is 1.50. The van der Waals surface area contributed by atoms with E-state index in [9.17, 15) is 9.59 Å². The highest BCUT2D eigenvalue weighted by Gasteiger charge is 2.09. The fraction of sp³-hybridized carbons (Fsp3) is 0.200. The number of benzene rings is 1. The monoisotopic (exact) mass is 335 g/mol. The van der Waals surface area contributed by atoms with E-state index < -0.39 is 5.97 Å². The van der Waals surface area contributed by atoms with Crippen LogP contribution in [-0.2, 0) is 4.74 Å². The molecule has 0 spiro atoms. The molecular formula is C15H14BrNO3. The van der Waals surface area contributed by atoms with Gasteiger partial charge in [0.15, 0.2) is 0 Å². The molecular weight excluding hydrogens is 322 g/mol. The van der Waals surface area contributed by atoms with Crippen molar-refractivity contribution in [2.75, 3.05) is 6.61 Å². The van der Waals surface area contributed by atoms with Crippen molar-refractivity contribution in [3.63, 3.8) is 0 Å². The maximum absolute atomic E-state index is 12.0. The lowest BCUT2D eigenvalue weighted by Crippen LogP contribution is -2.19. The highest BCUT2D eigenvalue weighted by molar-refractivity contribution is 9.10. The van der Waals surface area contributed by atoms with E-state index >= 15 is 0 Å². The summed E-state index contributed by atoms with van der Waals surface area (Å²) in [6.45, 7) is 3.98. The van der Waals surface area contributed by atoms with Crippen molar-refractivity contribution in [3.05, 3.63) is 62.5 Å². The third kappa shape index (κ3) is 3.17. The minimum atomic E-state index is -0.437. The summed E-state index contributed by atoms with van der Waals surface area (Å²) in [7, 11) is 0. The molecule has 20 heavy (non-hydrogen) atoms. The lowest BCUT2D eigenvalue weighted by Gasteiger charge is -2.09. The second-order valence-corrected chi connectivity index (χ2v) is 5.25. The van der Waals surface area contributed by atoms with Crippen LogP contribution in [0.15, 0.2) is 45.8 Å². The molecule has 0 aliphatic rings. The Hall–Kier alpha value is -1.88. The summed E-state index contributed by atoms with van der Waals surface area (Å²) in [4.78, 5) is 23.7. The highest BCUT2D eigenvalue weighted by atomic mass is 79.9. The highest BCUT2D eigenvalue weighted by Crippen LogP contribution is 2.18. The molecule has 1 aromatic carbocycles. The molecule has 104 valence electrons. The van der Waals surface area contributed by atoms with E-state index in [4.69, 9.17) is 4.74 Å². The van der Waals surface area contributed by atoms with Crippen molar-refractivity contribution >= 4 is 21.9 Å². The number of rotatable bonds is 3. The first kappa shape index (κ1) is 14.5. The second kappa shape index (κ2) is 6.05. The lowest BCUT2D eigenvalue weighted by molar-refractivity contribution is 0.0525. The normalized spacial score (nSPS) is 10.3. The topological polar surface area (TPSA) is 48.3 Å². The van der Waals surface area contributed by atoms with Crippen LogP contribution in [0, 0.1) is 6.92 Å². The van der Waals surface area contributed by atoms with Gasteiger partial charge in [0.2, 0.25) is 0 Å². The van der Waals surface area contributed by atoms with Crippen molar-refractivity contribution in [1.82, 2.24) is 4.57 Å². The van der Waals surface area contributed by atoms with E-state index in [1.165, 1.54) is 22.9 Å². The number of hydrogen-bond acceptors (Lipinski definition) is 3. The number of pyridine rings is 1. The first-order valence-corrected chi connectivity index (χ1v) is 6.98. The van der Waals surface area contributed by atoms with Gasteiger partial charge in [-0.1, -0.05) is 15.9 Å². The van der Waals surface area contributed by atoms with E-state index in [1.807, 2.05) is 25.1 Å². The van der Waals surface area contributed by atoms with Gasteiger partial charge in [0, 0.05) is 22.4 Å². The molecule has 0 aliphatic carbocycles. The minimum absolute atomic E-state index is 0.199. The molecule has 1 aromatic heterocycles. The van der Waals surface area contributed by atoms with Crippen LogP contribution >= 0.6 is 15.9 Å². The molecule has 0 amide bonds. The Kier molecular flexibility index (Phi) is 4.39. The summed E-state index contributed by atoms with van der Waals surface area (Å²) >= 11 is 3.40. The molecule has 0 atom stereocenters. The Balaban J connectivity index is 2.53. The molecule has 4 nitrogen and oxygen atoms in total. The Morgan fingerprint density at radius 2 is 2.05 bits per heavy atom. The maximum atomic E-state index is 12.0. The number of nitrogens with zero attached hydrogens (tertiary/aromatic N) is 1. The number of hydrogen-bond donors (Lipinski definition) is 0. The van der Waals surface area contributed by atoms with Gasteiger partial charge in [-0.05, 0) is 43.7 Å². The number of ether oxygens (including phenoxy) is 1. The summed E-state index contributed by atoms with van der Waals surface area (Å²) in [5.74, 6) is -0.437. The van der Waals surface area contributed by atoms with Gasteiger partial charge in [-0.15, -0.1) is 0 Å². The first-order chi connectivity index (χ1) is 9.51. The van der Waals surface area contributed by atoms with E-state index in [2.05, 4.69) is 15.9 Å². The van der Waals surface area contributed by atoms with Crippen molar-refractivity contribution in [2.45, 2.75) is 13.8 Å². The third-order valence-corrected chi connectivity index (χ3v) is 3.19. The van der Waals surface area contributed by atoms with Crippen LogP contribution in [0.1, 0.15) is 22.8 Å². The van der Waals surface area contributed by atoms with Gasteiger partial charge >= 0.3 is 5.97 Å². The smallest absolute Gasteiger partial charge is 0.339 e. The molecule has 5 heteroatoms. The average Bonchev–Trinajstić information content (AvgIpc) is 2.38. The van der Waals surface area contributed by atoms with Gasteiger partial charge in [0.1, 0.15) is 0 Å².